The fourth-order valence-corrected chi connectivity index (χ4v) is 11.0. The van der Waals surface area contributed by atoms with Gasteiger partial charge in [0.25, 0.3) is 0 Å². The lowest BCUT2D eigenvalue weighted by Gasteiger charge is -2.29. The van der Waals surface area contributed by atoms with Crippen molar-refractivity contribution >= 4 is 35.3 Å². The highest BCUT2D eigenvalue weighted by Crippen LogP contribution is 2.54. The van der Waals surface area contributed by atoms with E-state index in [1.165, 1.54) is 144 Å². The fourth-order valence-electron chi connectivity index (χ4n) is 6.97. The Morgan fingerprint density at radius 1 is 0.490 bits per heavy atom. The monoisotopic (exact) mass is 759 g/mol. The standard InChI is InChI=1S/C46H78O2S3/c1-11-13-15-17-19-21-23-25-27-29-31-49-42-36(4)43(50-32-30-28-26-24-22-20-18-16-14-12-2)44(41(48)39(42)46(8,9)10)51-38-34-35(3)33-37(40(38)47)45(5,6)7/h33-34,47-48H,11-32H2,1-10H3. The van der Waals surface area contributed by atoms with Crippen molar-refractivity contribution in [2.24, 2.45) is 0 Å². The Kier molecular flexibility index (Phi) is 22.2. The third kappa shape index (κ3) is 16.6. The average molecular weight is 759 g/mol. The molecule has 0 heterocycles. The molecule has 0 unspecified atom stereocenters. The molecule has 0 saturated carbocycles. The van der Waals surface area contributed by atoms with Crippen LogP contribution in [0.25, 0.3) is 0 Å². The van der Waals surface area contributed by atoms with Gasteiger partial charge in [0.05, 0.1) is 9.79 Å². The summed E-state index contributed by atoms with van der Waals surface area (Å²) in [5.41, 5.74) is 4.07. The van der Waals surface area contributed by atoms with Crippen LogP contribution in [-0.4, -0.2) is 21.7 Å². The Labute approximate surface area is 329 Å². The molecule has 2 rings (SSSR count). The molecule has 2 nitrogen and oxygen atoms in total. The number of phenolic OH excluding ortho intramolecular Hbond substituents is 2. The van der Waals surface area contributed by atoms with Crippen LogP contribution in [0.1, 0.15) is 206 Å². The van der Waals surface area contributed by atoms with Gasteiger partial charge in [-0.25, -0.2) is 0 Å². The molecule has 0 radical (unpaired) electrons. The molecule has 0 aromatic heterocycles. The molecule has 0 aliphatic carbocycles. The lowest BCUT2D eigenvalue weighted by Crippen LogP contribution is -2.15. The molecule has 2 N–H and O–H groups in total. The number of phenols is 2. The highest BCUT2D eigenvalue weighted by atomic mass is 32.2. The predicted octanol–water partition coefficient (Wildman–Crippen LogP) is 16.5. The number of hydrogen-bond acceptors (Lipinski definition) is 5. The Morgan fingerprint density at radius 2 is 0.902 bits per heavy atom. The van der Waals surface area contributed by atoms with Gasteiger partial charge in [0.1, 0.15) is 11.5 Å². The molecule has 0 aliphatic heterocycles. The second-order valence-electron chi connectivity index (χ2n) is 17.2. The molecule has 0 saturated heterocycles. The third-order valence-corrected chi connectivity index (χ3v) is 13.9. The van der Waals surface area contributed by atoms with E-state index in [2.05, 4.69) is 81.4 Å². The van der Waals surface area contributed by atoms with Crippen LogP contribution in [-0.2, 0) is 10.8 Å². The third-order valence-electron chi connectivity index (χ3n) is 10.0. The summed E-state index contributed by atoms with van der Waals surface area (Å²) in [6, 6.07) is 4.20. The zero-order valence-electron chi connectivity index (χ0n) is 34.8. The predicted molar refractivity (Wildman–Crippen MR) is 232 cm³/mol. The van der Waals surface area contributed by atoms with E-state index in [9.17, 15) is 10.2 Å². The van der Waals surface area contributed by atoms with Crippen molar-refractivity contribution in [2.75, 3.05) is 11.5 Å². The van der Waals surface area contributed by atoms with Crippen LogP contribution in [0, 0.1) is 13.8 Å². The Bertz CT molecular complexity index is 1270. The number of thioether (sulfide) groups is 2. The van der Waals surface area contributed by atoms with Crippen molar-refractivity contribution in [3.63, 3.8) is 0 Å². The van der Waals surface area contributed by atoms with E-state index in [1.807, 2.05) is 23.5 Å². The number of aromatic hydroxyl groups is 2. The molecule has 5 heteroatoms. The molecule has 0 spiro atoms. The summed E-state index contributed by atoms with van der Waals surface area (Å²) in [7, 11) is 0. The molecule has 292 valence electrons. The van der Waals surface area contributed by atoms with Crippen molar-refractivity contribution in [1.29, 1.82) is 0 Å². The molecule has 0 bridgehead atoms. The first-order chi connectivity index (χ1) is 24.2. The van der Waals surface area contributed by atoms with Crippen LogP contribution in [0.4, 0.5) is 0 Å². The minimum atomic E-state index is -0.213. The first kappa shape index (κ1) is 46.2. The number of aryl methyl sites for hydroxylation is 1. The van der Waals surface area contributed by atoms with E-state index in [0.717, 1.165) is 38.0 Å². The largest absolute Gasteiger partial charge is 0.506 e. The van der Waals surface area contributed by atoms with Crippen molar-refractivity contribution in [3.05, 3.63) is 34.4 Å². The summed E-state index contributed by atoms with van der Waals surface area (Å²) in [6.45, 7) is 22.1. The normalized spacial score (nSPS) is 12.3. The molecule has 0 fully saturated rings. The fraction of sp³-hybridized carbons (Fsp3) is 0.739. The second-order valence-corrected chi connectivity index (χ2v) is 20.4. The van der Waals surface area contributed by atoms with Crippen LogP contribution < -0.4 is 0 Å². The first-order valence-corrected chi connectivity index (χ1v) is 23.7. The molecular formula is C46H78O2S3. The smallest absolute Gasteiger partial charge is 0.135 e. The van der Waals surface area contributed by atoms with Gasteiger partial charge in [-0.2, -0.15) is 0 Å². The Hall–Kier alpha value is -0.910. The molecular weight excluding hydrogens is 681 g/mol. The Morgan fingerprint density at radius 3 is 1.31 bits per heavy atom. The Balaban J connectivity index is 2.28. The van der Waals surface area contributed by atoms with E-state index < -0.39 is 0 Å². The zero-order chi connectivity index (χ0) is 37.9. The maximum atomic E-state index is 12.3. The summed E-state index contributed by atoms with van der Waals surface area (Å²) < 4.78 is 0. The van der Waals surface area contributed by atoms with Gasteiger partial charge in [0, 0.05) is 20.9 Å². The molecule has 51 heavy (non-hydrogen) atoms. The number of rotatable bonds is 26. The minimum Gasteiger partial charge on any atom is -0.506 e. The topological polar surface area (TPSA) is 40.5 Å². The number of unbranched alkanes of at least 4 members (excludes halogenated alkanes) is 18. The highest BCUT2D eigenvalue weighted by Gasteiger charge is 2.31. The number of hydrogen-bond donors (Lipinski definition) is 2. The second kappa shape index (κ2) is 24.5. The zero-order valence-corrected chi connectivity index (χ0v) is 37.3. The van der Waals surface area contributed by atoms with E-state index in [-0.39, 0.29) is 10.8 Å². The highest BCUT2D eigenvalue weighted by molar-refractivity contribution is 8.02. The van der Waals surface area contributed by atoms with Gasteiger partial charge in [-0.3, -0.25) is 0 Å². The lowest BCUT2D eigenvalue weighted by molar-refractivity contribution is 0.424. The maximum Gasteiger partial charge on any atom is 0.135 e. The van der Waals surface area contributed by atoms with Crippen molar-refractivity contribution in [1.82, 2.24) is 0 Å². The van der Waals surface area contributed by atoms with Gasteiger partial charge < -0.3 is 10.2 Å². The molecule has 0 aliphatic rings. The molecule has 0 amide bonds. The molecule has 2 aromatic rings. The van der Waals surface area contributed by atoms with E-state index in [0.29, 0.717) is 11.5 Å². The summed E-state index contributed by atoms with van der Waals surface area (Å²) in [4.78, 5) is 4.22. The van der Waals surface area contributed by atoms with Crippen molar-refractivity contribution in [3.8, 4) is 11.5 Å². The van der Waals surface area contributed by atoms with Gasteiger partial charge in [0.2, 0.25) is 0 Å². The van der Waals surface area contributed by atoms with Gasteiger partial charge in [-0.1, -0.05) is 189 Å². The quantitative estimate of drug-likeness (QED) is 0.0738. The molecule has 0 atom stereocenters. The maximum absolute atomic E-state index is 12.3. The van der Waals surface area contributed by atoms with Crippen LogP contribution in [0.15, 0.2) is 31.7 Å². The van der Waals surface area contributed by atoms with Crippen LogP contribution >= 0.6 is 35.3 Å². The van der Waals surface area contributed by atoms with E-state index in [4.69, 9.17) is 0 Å². The minimum absolute atomic E-state index is 0.178. The average Bonchev–Trinajstić information content (AvgIpc) is 3.05. The van der Waals surface area contributed by atoms with E-state index in [1.54, 1.807) is 11.8 Å². The van der Waals surface area contributed by atoms with E-state index >= 15 is 0 Å². The van der Waals surface area contributed by atoms with Crippen LogP contribution in [0.5, 0.6) is 11.5 Å². The summed E-state index contributed by atoms with van der Waals surface area (Å²) >= 11 is 5.45. The van der Waals surface area contributed by atoms with Gasteiger partial charge in [-0.05, 0) is 66.2 Å². The van der Waals surface area contributed by atoms with Gasteiger partial charge in [0.15, 0.2) is 0 Å². The van der Waals surface area contributed by atoms with Crippen molar-refractivity contribution in [2.45, 2.75) is 228 Å². The summed E-state index contributed by atoms with van der Waals surface area (Å²) in [5.74, 6) is 2.89. The summed E-state index contributed by atoms with van der Waals surface area (Å²) in [6.07, 6.45) is 26.8. The SMILES string of the molecule is CCCCCCCCCCCCSc1c(C)c(SCCCCCCCCCCCC)c(C(C)(C)C)c(O)c1Sc1cc(C)cc(C(C)(C)C)c1O. The number of benzene rings is 2. The lowest BCUT2D eigenvalue weighted by atomic mass is 9.85. The van der Waals surface area contributed by atoms with Gasteiger partial charge >= 0.3 is 0 Å². The van der Waals surface area contributed by atoms with Crippen LogP contribution in [0.2, 0.25) is 0 Å². The van der Waals surface area contributed by atoms with Crippen molar-refractivity contribution < 1.29 is 10.2 Å². The first-order valence-electron chi connectivity index (χ1n) is 20.9. The molecule has 2 aromatic carbocycles. The summed E-state index contributed by atoms with van der Waals surface area (Å²) in [5, 5.41) is 23.9. The van der Waals surface area contributed by atoms with Crippen LogP contribution in [0.3, 0.4) is 0 Å². The van der Waals surface area contributed by atoms with Gasteiger partial charge in [-0.15, -0.1) is 23.5 Å².